The fraction of sp³-hybridized carbons (Fsp3) is 0.0667. The van der Waals surface area contributed by atoms with Gasteiger partial charge in [0.15, 0.2) is 0 Å². The summed E-state index contributed by atoms with van der Waals surface area (Å²) in [7, 11) is 0. The first-order valence-electron chi connectivity index (χ1n) is 6.21. The van der Waals surface area contributed by atoms with E-state index in [1.165, 1.54) is 0 Å². The zero-order valence-electron chi connectivity index (χ0n) is 11.1. The number of benzene rings is 2. The molecular formula is C15H11BrClN3O. The van der Waals surface area contributed by atoms with Gasteiger partial charge in [0.25, 0.3) is 5.89 Å². The van der Waals surface area contributed by atoms with E-state index < -0.39 is 0 Å². The van der Waals surface area contributed by atoms with Crippen molar-refractivity contribution in [1.29, 1.82) is 0 Å². The van der Waals surface area contributed by atoms with E-state index in [1.54, 1.807) is 18.2 Å². The van der Waals surface area contributed by atoms with Crippen LogP contribution in [0.4, 0.5) is 5.69 Å². The normalized spacial score (nSPS) is 10.8. The van der Waals surface area contributed by atoms with Gasteiger partial charge in [-0.05, 0) is 30.7 Å². The number of anilines is 1. The van der Waals surface area contributed by atoms with Crippen molar-refractivity contribution in [2.24, 2.45) is 0 Å². The number of rotatable bonds is 2. The van der Waals surface area contributed by atoms with Gasteiger partial charge >= 0.3 is 0 Å². The van der Waals surface area contributed by atoms with Crippen molar-refractivity contribution in [3.8, 4) is 22.8 Å². The van der Waals surface area contributed by atoms with E-state index >= 15 is 0 Å². The Kier molecular flexibility index (Phi) is 3.69. The van der Waals surface area contributed by atoms with Gasteiger partial charge < -0.3 is 10.3 Å². The van der Waals surface area contributed by atoms with Crippen molar-refractivity contribution in [2.45, 2.75) is 6.92 Å². The lowest BCUT2D eigenvalue weighted by molar-refractivity contribution is 0.432. The van der Waals surface area contributed by atoms with E-state index in [2.05, 4.69) is 26.1 Å². The predicted molar refractivity (Wildman–Crippen MR) is 87.0 cm³/mol. The lowest BCUT2D eigenvalue weighted by atomic mass is 10.1. The molecule has 0 aliphatic rings. The number of aryl methyl sites for hydroxylation is 1. The van der Waals surface area contributed by atoms with Crippen LogP contribution in [0.2, 0.25) is 5.02 Å². The molecule has 0 radical (unpaired) electrons. The maximum absolute atomic E-state index is 6.15. The molecule has 4 nitrogen and oxygen atoms in total. The summed E-state index contributed by atoms with van der Waals surface area (Å²) in [4.78, 5) is 4.38. The molecule has 6 heteroatoms. The average Bonchev–Trinajstić information content (AvgIpc) is 2.91. The SMILES string of the molecule is Cc1ccc(-c2noc(-c3c(N)cccc3Cl)n2)cc1Br. The van der Waals surface area contributed by atoms with Crippen molar-refractivity contribution in [2.75, 3.05) is 5.73 Å². The Labute approximate surface area is 135 Å². The Bertz CT molecular complexity index is 796. The Morgan fingerprint density at radius 2 is 2.05 bits per heavy atom. The minimum atomic E-state index is 0.310. The van der Waals surface area contributed by atoms with Gasteiger partial charge in [0, 0.05) is 15.7 Å². The summed E-state index contributed by atoms with van der Waals surface area (Å²) in [5.41, 5.74) is 8.98. The average molecular weight is 365 g/mol. The van der Waals surface area contributed by atoms with Crippen molar-refractivity contribution in [1.82, 2.24) is 10.1 Å². The first-order chi connectivity index (χ1) is 10.1. The molecule has 0 bridgehead atoms. The van der Waals surface area contributed by atoms with Crippen LogP contribution in [0.15, 0.2) is 45.4 Å². The molecule has 2 N–H and O–H groups in total. The highest BCUT2D eigenvalue weighted by molar-refractivity contribution is 9.10. The maximum Gasteiger partial charge on any atom is 0.261 e. The third kappa shape index (κ3) is 2.66. The molecule has 0 fully saturated rings. The second-order valence-corrected chi connectivity index (χ2v) is 5.85. The van der Waals surface area contributed by atoms with Crippen LogP contribution in [-0.2, 0) is 0 Å². The van der Waals surface area contributed by atoms with Gasteiger partial charge in [-0.15, -0.1) is 0 Å². The molecule has 21 heavy (non-hydrogen) atoms. The number of hydrogen-bond acceptors (Lipinski definition) is 4. The maximum atomic E-state index is 6.15. The summed E-state index contributed by atoms with van der Waals surface area (Å²) in [6.45, 7) is 2.01. The molecule has 1 aromatic heterocycles. The van der Waals surface area contributed by atoms with Gasteiger partial charge in [0.05, 0.1) is 10.6 Å². The molecule has 0 aliphatic carbocycles. The van der Waals surface area contributed by atoms with Crippen LogP contribution in [0.3, 0.4) is 0 Å². The standard InChI is InChI=1S/C15H11BrClN3O/c1-8-5-6-9(7-10(8)16)14-19-15(21-20-14)13-11(17)3-2-4-12(13)18/h2-7H,18H2,1H3. The second-order valence-electron chi connectivity index (χ2n) is 4.59. The molecule has 0 amide bonds. The molecule has 0 saturated carbocycles. The van der Waals surface area contributed by atoms with Crippen LogP contribution in [0.5, 0.6) is 0 Å². The predicted octanol–water partition coefficient (Wildman–Crippen LogP) is 4.71. The van der Waals surface area contributed by atoms with Crippen LogP contribution in [0, 0.1) is 6.92 Å². The summed E-state index contributed by atoms with van der Waals surface area (Å²) >= 11 is 9.64. The molecule has 3 rings (SSSR count). The number of nitrogen functional groups attached to an aromatic ring is 1. The van der Waals surface area contributed by atoms with E-state index in [1.807, 2.05) is 25.1 Å². The van der Waals surface area contributed by atoms with Crippen molar-refractivity contribution >= 4 is 33.2 Å². The Hall–Kier alpha value is -1.85. The quantitative estimate of drug-likeness (QED) is 0.669. The summed E-state index contributed by atoms with van der Waals surface area (Å²) in [5.74, 6) is 0.801. The highest BCUT2D eigenvalue weighted by Crippen LogP contribution is 2.33. The fourth-order valence-electron chi connectivity index (χ4n) is 1.94. The van der Waals surface area contributed by atoms with Crippen molar-refractivity contribution < 1.29 is 4.52 Å². The van der Waals surface area contributed by atoms with Crippen LogP contribution < -0.4 is 5.73 Å². The fourth-order valence-corrected chi connectivity index (χ4v) is 2.58. The molecule has 0 unspecified atom stereocenters. The number of halogens is 2. The monoisotopic (exact) mass is 363 g/mol. The van der Waals surface area contributed by atoms with E-state index in [0.717, 1.165) is 15.6 Å². The van der Waals surface area contributed by atoms with Gasteiger partial charge in [0.1, 0.15) is 0 Å². The zero-order valence-corrected chi connectivity index (χ0v) is 13.4. The van der Waals surface area contributed by atoms with Crippen LogP contribution in [-0.4, -0.2) is 10.1 Å². The molecule has 106 valence electrons. The second kappa shape index (κ2) is 5.50. The smallest absolute Gasteiger partial charge is 0.261 e. The molecular weight excluding hydrogens is 354 g/mol. The van der Waals surface area contributed by atoms with Crippen LogP contribution in [0.25, 0.3) is 22.8 Å². The molecule has 0 aliphatic heterocycles. The number of nitrogens with two attached hydrogens (primary N) is 1. The Morgan fingerprint density at radius 3 is 2.76 bits per heavy atom. The molecule has 2 aromatic carbocycles. The zero-order chi connectivity index (χ0) is 15.0. The van der Waals surface area contributed by atoms with E-state index in [9.17, 15) is 0 Å². The number of nitrogens with zero attached hydrogens (tertiary/aromatic N) is 2. The number of hydrogen-bond donors (Lipinski definition) is 1. The highest BCUT2D eigenvalue weighted by Gasteiger charge is 2.16. The van der Waals surface area contributed by atoms with Crippen LogP contribution in [0.1, 0.15) is 5.56 Å². The Balaban J connectivity index is 2.06. The highest BCUT2D eigenvalue weighted by atomic mass is 79.9. The lowest BCUT2D eigenvalue weighted by Gasteiger charge is -2.02. The largest absolute Gasteiger partial charge is 0.398 e. The molecule has 0 spiro atoms. The van der Waals surface area contributed by atoms with Gasteiger partial charge in [-0.1, -0.05) is 50.9 Å². The molecule has 3 aromatic rings. The topological polar surface area (TPSA) is 64.9 Å². The van der Waals surface area contributed by atoms with Gasteiger partial charge in [-0.2, -0.15) is 4.98 Å². The minimum Gasteiger partial charge on any atom is -0.398 e. The lowest BCUT2D eigenvalue weighted by Crippen LogP contribution is -1.91. The summed E-state index contributed by atoms with van der Waals surface area (Å²) < 4.78 is 6.29. The van der Waals surface area contributed by atoms with Gasteiger partial charge in [-0.3, -0.25) is 0 Å². The minimum absolute atomic E-state index is 0.310. The summed E-state index contributed by atoms with van der Waals surface area (Å²) in [6.07, 6.45) is 0. The van der Waals surface area contributed by atoms with Crippen molar-refractivity contribution in [3.05, 3.63) is 51.5 Å². The third-order valence-electron chi connectivity index (χ3n) is 3.12. The first kappa shape index (κ1) is 14.1. The Morgan fingerprint density at radius 1 is 1.24 bits per heavy atom. The van der Waals surface area contributed by atoms with Crippen molar-refractivity contribution in [3.63, 3.8) is 0 Å². The third-order valence-corrected chi connectivity index (χ3v) is 4.29. The van der Waals surface area contributed by atoms with E-state index in [-0.39, 0.29) is 0 Å². The first-order valence-corrected chi connectivity index (χ1v) is 7.38. The molecule has 0 atom stereocenters. The van der Waals surface area contributed by atoms with E-state index in [0.29, 0.717) is 28.0 Å². The number of aromatic nitrogens is 2. The van der Waals surface area contributed by atoms with Gasteiger partial charge in [-0.25, -0.2) is 0 Å². The molecule has 1 heterocycles. The summed E-state index contributed by atoms with van der Waals surface area (Å²) in [6, 6.07) is 11.1. The molecule has 0 saturated heterocycles. The summed E-state index contributed by atoms with van der Waals surface area (Å²) in [5, 5.41) is 4.48. The van der Waals surface area contributed by atoms with E-state index in [4.69, 9.17) is 21.9 Å². The van der Waals surface area contributed by atoms with Gasteiger partial charge in [0.2, 0.25) is 5.82 Å². The van der Waals surface area contributed by atoms with Crippen LogP contribution >= 0.6 is 27.5 Å².